The highest BCUT2D eigenvalue weighted by Gasteiger charge is 2.05. The van der Waals surface area contributed by atoms with Crippen molar-refractivity contribution in [1.29, 1.82) is 5.26 Å². The summed E-state index contributed by atoms with van der Waals surface area (Å²) in [6, 6.07) is 2.23. The molecule has 1 aromatic rings. The van der Waals surface area contributed by atoms with Crippen LogP contribution in [0.3, 0.4) is 0 Å². The molecule has 2 N–H and O–H groups in total. The number of rotatable bonds is 7. The van der Waals surface area contributed by atoms with Gasteiger partial charge in [-0.1, -0.05) is 18.7 Å². The van der Waals surface area contributed by atoms with Gasteiger partial charge in [-0.2, -0.15) is 5.26 Å². The zero-order chi connectivity index (χ0) is 10.9. The molecular weight excluding hydrogens is 208 g/mol. The van der Waals surface area contributed by atoms with Crippen LogP contribution in [0.1, 0.15) is 19.8 Å². The number of nitriles is 1. The lowest BCUT2D eigenvalue weighted by atomic mass is 10.2. The lowest BCUT2D eigenvalue weighted by Crippen LogP contribution is -2.28. The first-order valence-electron chi connectivity index (χ1n) is 5.12. The van der Waals surface area contributed by atoms with Crippen LogP contribution >= 0.6 is 11.8 Å². The Balaban J connectivity index is 2.15. The highest BCUT2D eigenvalue weighted by molar-refractivity contribution is 7.99. The second-order valence-electron chi connectivity index (χ2n) is 3.17. The molecule has 0 bridgehead atoms. The van der Waals surface area contributed by atoms with Crippen molar-refractivity contribution in [3.05, 3.63) is 12.4 Å². The molecule has 0 aromatic carbocycles. The normalized spacial score (nSPS) is 12.3. The Hall–Kier alpha value is -0.990. The van der Waals surface area contributed by atoms with Crippen molar-refractivity contribution < 1.29 is 0 Å². The number of hydrogen-bond acceptors (Lipinski definition) is 4. The Morgan fingerprint density at radius 1 is 1.73 bits per heavy atom. The lowest BCUT2D eigenvalue weighted by Gasteiger charge is -2.09. The van der Waals surface area contributed by atoms with Crippen molar-refractivity contribution >= 4 is 11.8 Å². The topological polar surface area (TPSA) is 64.5 Å². The molecule has 1 unspecified atom stereocenters. The molecule has 4 nitrogen and oxygen atoms in total. The van der Waals surface area contributed by atoms with Gasteiger partial charge in [0, 0.05) is 18.1 Å². The molecule has 1 rings (SSSR count). The monoisotopic (exact) mass is 224 g/mol. The molecule has 82 valence electrons. The van der Waals surface area contributed by atoms with E-state index in [0.717, 1.165) is 30.3 Å². The summed E-state index contributed by atoms with van der Waals surface area (Å²) < 4.78 is 0. The maximum Gasteiger partial charge on any atom is 0.165 e. The quantitative estimate of drug-likeness (QED) is 0.693. The van der Waals surface area contributed by atoms with E-state index in [-0.39, 0.29) is 6.04 Å². The van der Waals surface area contributed by atoms with Gasteiger partial charge in [-0.05, 0) is 19.4 Å². The number of nitrogens with one attached hydrogen (secondary N) is 2. The highest BCUT2D eigenvalue weighted by Crippen LogP contribution is 2.13. The van der Waals surface area contributed by atoms with Gasteiger partial charge >= 0.3 is 0 Å². The Morgan fingerprint density at radius 2 is 2.60 bits per heavy atom. The predicted octanol–water partition coefficient (Wildman–Crippen LogP) is 1.78. The van der Waals surface area contributed by atoms with Gasteiger partial charge in [-0.3, -0.25) is 0 Å². The van der Waals surface area contributed by atoms with Crippen molar-refractivity contribution in [2.24, 2.45) is 0 Å². The summed E-state index contributed by atoms with van der Waals surface area (Å²) in [5.74, 6) is 0.905. The summed E-state index contributed by atoms with van der Waals surface area (Å²) in [5, 5.41) is 13.0. The van der Waals surface area contributed by atoms with Gasteiger partial charge in [0.2, 0.25) is 0 Å². The number of thioether (sulfide) groups is 1. The van der Waals surface area contributed by atoms with E-state index in [2.05, 4.69) is 28.3 Å². The van der Waals surface area contributed by atoms with Gasteiger partial charge in [-0.25, -0.2) is 4.98 Å². The first kappa shape index (κ1) is 12.1. The summed E-state index contributed by atoms with van der Waals surface area (Å²) in [6.45, 7) is 3.00. The Bertz CT molecular complexity index is 291. The fourth-order valence-corrected chi connectivity index (χ4v) is 1.97. The van der Waals surface area contributed by atoms with Crippen molar-refractivity contribution in [1.82, 2.24) is 15.3 Å². The molecule has 0 aliphatic heterocycles. The Kier molecular flexibility index (Phi) is 5.90. The van der Waals surface area contributed by atoms with Gasteiger partial charge < -0.3 is 10.3 Å². The summed E-state index contributed by atoms with van der Waals surface area (Å²) in [6.07, 6.45) is 5.45. The molecule has 1 aromatic heterocycles. The summed E-state index contributed by atoms with van der Waals surface area (Å²) in [4.78, 5) is 7.13. The molecule has 0 saturated carbocycles. The SMILES string of the molecule is CCCNC(C#N)CCSc1ncc[nH]1. The van der Waals surface area contributed by atoms with E-state index >= 15 is 0 Å². The van der Waals surface area contributed by atoms with Crippen molar-refractivity contribution in [3.63, 3.8) is 0 Å². The molecule has 15 heavy (non-hydrogen) atoms. The maximum absolute atomic E-state index is 8.86. The molecule has 0 spiro atoms. The largest absolute Gasteiger partial charge is 0.340 e. The summed E-state index contributed by atoms with van der Waals surface area (Å²) >= 11 is 1.65. The Morgan fingerprint density at radius 3 is 3.20 bits per heavy atom. The summed E-state index contributed by atoms with van der Waals surface area (Å²) in [7, 11) is 0. The average molecular weight is 224 g/mol. The molecule has 0 amide bonds. The standard InChI is InChI=1S/C10H16N4S/c1-2-4-12-9(8-11)3-7-15-10-13-5-6-14-10/h5-6,9,12H,2-4,7H2,1H3,(H,13,14). The van der Waals surface area contributed by atoms with E-state index in [9.17, 15) is 0 Å². The van der Waals surface area contributed by atoms with Gasteiger partial charge in [-0.15, -0.1) is 0 Å². The minimum Gasteiger partial charge on any atom is -0.340 e. The van der Waals surface area contributed by atoms with Crippen LogP contribution in [-0.4, -0.2) is 28.3 Å². The van der Waals surface area contributed by atoms with Crippen LogP contribution in [0.2, 0.25) is 0 Å². The average Bonchev–Trinajstić information content (AvgIpc) is 2.76. The van der Waals surface area contributed by atoms with Crippen LogP contribution in [0.4, 0.5) is 0 Å². The van der Waals surface area contributed by atoms with Crippen LogP contribution in [0.25, 0.3) is 0 Å². The molecule has 0 aliphatic rings. The molecule has 5 heteroatoms. The third-order valence-electron chi connectivity index (χ3n) is 1.92. The van der Waals surface area contributed by atoms with E-state index < -0.39 is 0 Å². The van der Waals surface area contributed by atoms with Crippen molar-refractivity contribution in [2.45, 2.75) is 31.0 Å². The Labute approximate surface area is 94.5 Å². The van der Waals surface area contributed by atoms with E-state index in [0.29, 0.717) is 0 Å². The van der Waals surface area contributed by atoms with Gasteiger partial charge in [0.15, 0.2) is 5.16 Å². The molecule has 1 heterocycles. The molecule has 1 atom stereocenters. The van der Waals surface area contributed by atoms with Crippen LogP contribution < -0.4 is 5.32 Å². The number of imidazole rings is 1. The van der Waals surface area contributed by atoms with Crippen LogP contribution in [0, 0.1) is 11.3 Å². The number of aromatic nitrogens is 2. The predicted molar refractivity (Wildman–Crippen MR) is 61.6 cm³/mol. The van der Waals surface area contributed by atoms with Gasteiger partial charge in [0.05, 0.1) is 12.1 Å². The third kappa shape index (κ3) is 4.86. The van der Waals surface area contributed by atoms with E-state index in [1.165, 1.54) is 0 Å². The van der Waals surface area contributed by atoms with Crippen LogP contribution in [0.15, 0.2) is 17.6 Å². The van der Waals surface area contributed by atoms with Crippen molar-refractivity contribution in [3.8, 4) is 6.07 Å². The van der Waals surface area contributed by atoms with Gasteiger partial charge in [0.1, 0.15) is 0 Å². The fourth-order valence-electron chi connectivity index (χ4n) is 1.13. The van der Waals surface area contributed by atoms with Crippen molar-refractivity contribution in [2.75, 3.05) is 12.3 Å². The molecule has 0 aliphatic carbocycles. The second-order valence-corrected chi connectivity index (χ2v) is 4.25. The highest BCUT2D eigenvalue weighted by atomic mass is 32.2. The van der Waals surface area contributed by atoms with Gasteiger partial charge in [0.25, 0.3) is 0 Å². The zero-order valence-corrected chi connectivity index (χ0v) is 9.68. The second kappa shape index (κ2) is 7.32. The molecule has 0 radical (unpaired) electrons. The minimum atomic E-state index is -0.0348. The van der Waals surface area contributed by atoms with E-state index in [1.807, 2.05) is 0 Å². The third-order valence-corrected chi connectivity index (χ3v) is 2.85. The van der Waals surface area contributed by atoms with Crippen LogP contribution in [0.5, 0.6) is 0 Å². The molecule has 0 saturated heterocycles. The number of nitrogens with zero attached hydrogens (tertiary/aromatic N) is 2. The number of H-pyrrole nitrogens is 1. The first-order valence-corrected chi connectivity index (χ1v) is 6.10. The summed E-state index contributed by atoms with van der Waals surface area (Å²) in [5.41, 5.74) is 0. The maximum atomic E-state index is 8.86. The molecular formula is C10H16N4S. The molecule has 0 fully saturated rings. The lowest BCUT2D eigenvalue weighted by molar-refractivity contribution is 0.585. The van der Waals surface area contributed by atoms with E-state index in [1.54, 1.807) is 24.2 Å². The van der Waals surface area contributed by atoms with E-state index in [4.69, 9.17) is 5.26 Å². The number of hydrogen-bond donors (Lipinski definition) is 2. The van der Waals surface area contributed by atoms with Crippen LogP contribution in [-0.2, 0) is 0 Å². The zero-order valence-electron chi connectivity index (χ0n) is 8.86. The fraction of sp³-hybridized carbons (Fsp3) is 0.600. The number of aromatic amines is 1. The first-order chi connectivity index (χ1) is 7.36. The minimum absolute atomic E-state index is 0.0348. The smallest absolute Gasteiger partial charge is 0.165 e.